The van der Waals surface area contributed by atoms with Crippen LogP contribution in [0.3, 0.4) is 0 Å². The number of anilines is 1. The summed E-state index contributed by atoms with van der Waals surface area (Å²) in [5, 5.41) is 12.1. The molecule has 0 heterocycles. The van der Waals surface area contributed by atoms with Crippen LogP contribution >= 0.6 is 15.9 Å². The maximum absolute atomic E-state index is 8.87. The van der Waals surface area contributed by atoms with Crippen molar-refractivity contribution < 1.29 is 5.11 Å². The Hall–Kier alpha value is -0.540. The number of aryl methyl sites for hydroxylation is 1. The van der Waals surface area contributed by atoms with Gasteiger partial charge in [0.05, 0.1) is 6.61 Å². The number of rotatable bonds is 3. The molecule has 3 heteroatoms. The summed E-state index contributed by atoms with van der Waals surface area (Å²) >= 11 is 3.40. The first-order chi connectivity index (χ1) is 6.13. The van der Waals surface area contributed by atoms with Crippen molar-refractivity contribution in [2.45, 2.75) is 19.9 Å². The second kappa shape index (κ2) is 4.63. The number of hydrogen-bond acceptors (Lipinski definition) is 2. The molecule has 0 bridgehead atoms. The number of halogens is 1. The third-order valence-electron chi connectivity index (χ3n) is 1.86. The zero-order valence-electron chi connectivity index (χ0n) is 7.84. The van der Waals surface area contributed by atoms with Crippen LogP contribution in [0.1, 0.15) is 12.5 Å². The maximum atomic E-state index is 8.87. The maximum Gasteiger partial charge on any atom is 0.0630 e. The molecule has 2 nitrogen and oxygen atoms in total. The Morgan fingerprint density at radius 3 is 2.77 bits per heavy atom. The van der Waals surface area contributed by atoms with E-state index in [4.69, 9.17) is 5.11 Å². The molecule has 0 aliphatic carbocycles. The van der Waals surface area contributed by atoms with Crippen molar-refractivity contribution in [1.82, 2.24) is 0 Å². The van der Waals surface area contributed by atoms with E-state index in [0.29, 0.717) is 0 Å². The first-order valence-electron chi connectivity index (χ1n) is 4.27. The van der Waals surface area contributed by atoms with Crippen LogP contribution in [0.4, 0.5) is 5.69 Å². The highest BCUT2D eigenvalue weighted by Gasteiger charge is 2.02. The summed E-state index contributed by atoms with van der Waals surface area (Å²) in [6.45, 7) is 4.13. The van der Waals surface area contributed by atoms with Crippen molar-refractivity contribution >= 4 is 21.6 Å². The van der Waals surface area contributed by atoms with Gasteiger partial charge in [0.1, 0.15) is 0 Å². The molecule has 0 aromatic heterocycles. The van der Waals surface area contributed by atoms with Gasteiger partial charge in [-0.2, -0.15) is 0 Å². The quantitative estimate of drug-likeness (QED) is 0.856. The highest BCUT2D eigenvalue weighted by molar-refractivity contribution is 9.10. The van der Waals surface area contributed by atoms with Gasteiger partial charge in [-0.15, -0.1) is 0 Å². The van der Waals surface area contributed by atoms with Crippen molar-refractivity contribution in [3.63, 3.8) is 0 Å². The number of hydrogen-bond donors (Lipinski definition) is 2. The lowest BCUT2D eigenvalue weighted by atomic mass is 10.2. The van der Waals surface area contributed by atoms with Gasteiger partial charge < -0.3 is 10.4 Å². The molecule has 0 amide bonds. The van der Waals surface area contributed by atoms with Crippen LogP contribution in [-0.2, 0) is 0 Å². The predicted octanol–water partition coefficient (Wildman–Crippen LogP) is 2.55. The largest absolute Gasteiger partial charge is 0.394 e. The van der Waals surface area contributed by atoms with E-state index in [-0.39, 0.29) is 12.6 Å². The van der Waals surface area contributed by atoms with E-state index >= 15 is 0 Å². The van der Waals surface area contributed by atoms with Crippen LogP contribution in [-0.4, -0.2) is 17.8 Å². The molecule has 1 atom stereocenters. The van der Waals surface area contributed by atoms with Gasteiger partial charge in [-0.1, -0.05) is 15.9 Å². The number of aliphatic hydroxyl groups is 1. The Balaban J connectivity index is 2.77. The molecule has 2 N–H and O–H groups in total. The lowest BCUT2D eigenvalue weighted by Gasteiger charge is -2.14. The molecule has 0 fully saturated rings. The number of benzene rings is 1. The molecule has 0 aliphatic rings. The standard InChI is InChI=1S/C10H14BrNO/c1-7-5-9(11)3-4-10(7)12-8(2)6-13/h3-5,8,12-13H,6H2,1-2H3/t8-/m0/s1. The first kappa shape index (κ1) is 10.5. The molecule has 1 aromatic carbocycles. The Bertz CT molecular complexity index is 288. The van der Waals surface area contributed by atoms with Gasteiger partial charge in [-0.3, -0.25) is 0 Å². The highest BCUT2D eigenvalue weighted by atomic mass is 79.9. The third-order valence-corrected chi connectivity index (χ3v) is 2.36. The molecule has 0 saturated carbocycles. The summed E-state index contributed by atoms with van der Waals surface area (Å²) in [5.41, 5.74) is 2.25. The van der Waals surface area contributed by atoms with Gasteiger partial charge in [0.25, 0.3) is 0 Å². The summed E-state index contributed by atoms with van der Waals surface area (Å²) in [6.07, 6.45) is 0. The first-order valence-corrected chi connectivity index (χ1v) is 5.06. The van der Waals surface area contributed by atoms with Crippen LogP contribution in [0.2, 0.25) is 0 Å². The van der Waals surface area contributed by atoms with Crippen LogP contribution in [0, 0.1) is 6.92 Å². The Morgan fingerprint density at radius 1 is 1.54 bits per heavy atom. The summed E-state index contributed by atoms with van der Waals surface area (Å²) < 4.78 is 1.08. The van der Waals surface area contributed by atoms with Gasteiger partial charge in [0.2, 0.25) is 0 Å². The fourth-order valence-electron chi connectivity index (χ4n) is 1.10. The second-order valence-corrected chi connectivity index (χ2v) is 4.10. The molecule has 0 unspecified atom stereocenters. The van der Waals surface area contributed by atoms with Gasteiger partial charge in [-0.25, -0.2) is 0 Å². The van der Waals surface area contributed by atoms with Gasteiger partial charge in [-0.05, 0) is 37.6 Å². The Morgan fingerprint density at radius 2 is 2.23 bits per heavy atom. The SMILES string of the molecule is Cc1cc(Br)ccc1N[C@@H](C)CO. The van der Waals surface area contributed by atoms with Crippen LogP contribution in [0.5, 0.6) is 0 Å². The van der Waals surface area contributed by atoms with E-state index in [1.165, 1.54) is 5.56 Å². The Labute approximate surface area is 87.1 Å². The zero-order chi connectivity index (χ0) is 9.84. The number of aliphatic hydroxyl groups excluding tert-OH is 1. The lowest BCUT2D eigenvalue weighted by Crippen LogP contribution is -2.19. The van der Waals surface area contributed by atoms with Gasteiger partial charge >= 0.3 is 0 Å². The van der Waals surface area contributed by atoms with Crippen LogP contribution in [0.25, 0.3) is 0 Å². The van der Waals surface area contributed by atoms with E-state index in [0.717, 1.165) is 10.2 Å². The van der Waals surface area contributed by atoms with Crippen molar-refractivity contribution in [2.24, 2.45) is 0 Å². The number of nitrogens with one attached hydrogen (secondary N) is 1. The predicted molar refractivity (Wildman–Crippen MR) is 59.0 cm³/mol. The van der Waals surface area contributed by atoms with Crippen molar-refractivity contribution in [3.05, 3.63) is 28.2 Å². The average molecular weight is 244 g/mol. The molecule has 1 aromatic rings. The summed E-state index contributed by atoms with van der Waals surface area (Å²) in [4.78, 5) is 0. The molecule has 0 aliphatic heterocycles. The summed E-state index contributed by atoms with van der Waals surface area (Å²) in [5.74, 6) is 0. The minimum absolute atomic E-state index is 0.0971. The zero-order valence-corrected chi connectivity index (χ0v) is 9.43. The fraction of sp³-hybridized carbons (Fsp3) is 0.400. The molecular formula is C10H14BrNO. The van der Waals surface area contributed by atoms with E-state index in [2.05, 4.69) is 21.2 Å². The molecule has 0 radical (unpaired) electrons. The van der Waals surface area contributed by atoms with Crippen LogP contribution in [0.15, 0.2) is 22.7 Å². The Kier molecular flexibility index (Phi) is 3.75. The molecule has 72 valence electrons. The molecule has 1 rings (SSSR count). The third kappa shape index (κ3) is 3.01. The molecule has 13 heavy (non-hydrogen) atoms. The average Bonchev–Trinajstić information content (AvgIpc) is 2.09. The summed E-state index contributed by atoms with van der Waals surface area (Å²) in [6, 6.07) is 6.14. The van der Waals surface area contributed by atoms with E-state index in [1.54, 1.807) is 0 Å². The normalized spacial score (nSPS) is 12.6. The minimum Gasteiger partial charge on any atom is -0.394 e. The van der Waals surface area contributed by atoms with Crippen molar-refractivity contribution in [2.75, 3.05) is 11.9 Å². The fourth-order valence-corrected chi connectivity index (χ4v) is 1.58. The second-order valence-electron chi connectivity index (χ2n) is 3.19. The summed E-state index contributed by atoms with van der Waals surface area (Å²) in [7, 11) is 0. The van der Waals surface area contributed by atoms with E-state index in [9.17, 15) is 0 Å². The van der Waals surface area contributed by atoms with Crippen LogP contribution < -0.4 is 5.32 Å². The van der Waals surface area contributed by atoms with Crippen molar-refractivity contribution in [3.8, 4) is 0 Å². The van der Waals surface area contributed by atoms with E-state index < -0.39 is 0 Å². The van der Waals surface area contributed by atoms with Crippen molar-refractivity contribution in [1.29, 1.82) is 0 Å². The molecule has 0 saturated heterocycles. The smallest absolute Gasteiger partial charge is 0.0630 e. The minimum atomic E-state index is 0.0971. The van der Waals surface area contributed by atoms with Gasteiger partial charge in [0.15, 0.2) is 0 Å². The molecular weight excluding hydrogens is 230 g/mol. The lowest BCUT2D eigenvalue weighted by molar-refractivity contribution is 0.281. The topological polar surface area (TPSA) is 32.3 Å². The van der Waals surface area contributed by atoms with E-state index in [1.807, 2.05) is 32.0 Å². The van der Waals surface area contributed by atoms with Gasteiger partial charge in [0, 0.05) is 16.2 Å². The molecule has 0 spiro atoms. The monoisotopic (exact) mass is 243 g/mol. The highest BCUT2D eigenvalue weighted by Crippen LogP contribution is 2.20.